The second-order valence-corrected chi connectivity index (χ2v) is 7.37. The highest BCUT2D eigenvalue weighted by Gasteiger charge is 2.27. The Kier molecular flexibility index (Phi) is 5.28. The van der Waals surface area contributed by atoms with Crippen LogP contribution in [0.25, 0.3) is 0 Å². The summed E-state index contributed by atoms with van der Waals surface area (Å²) in [6.45, 7) is 0.0249. The number of amides is 2. The second kappa shape index (κ2) is 8.00. The van der Waals surface area contributed by atoms with E-state index in [1.165, 1.54) is 17.4 Å². The molecule has 2 aromatic rings. The molecule has 5 nitrogen and oxygen atoms in total. The maximum atomic E-state index is 14.0. The lowest BCUT2D eigenvalue weighted by molar-refractivity contribution is -0.122. The summed E-state index contributed by atoms with van der Waals surface area (Å²) in [5, 5.41) is 2.96. The van der Waals surface area contributed by atoms with Crippen LogP contribution in [-0.4, -0.2) is 18.4 Å². The highest BCUT2D eigenvalue weighted by molar-refractivity contribution is 5.99. The number of halogens is 1. The van der Waals surface area contributed by atoms with E-state index in [4.69, 9.17) is 4.74 Å². The van der Waals surface area contributed by atoms with Crippen molar-refractivity contribution in [2.45, 2.75) is 38.6 Å². The second-order valence-electron chi connectivity index (χ2n) is 7.37. The van der Waals surface area contributed by atoms with E-state index < -0.39 is 0 Å². The molecule has 0 radical (unpaired) electrons. The zero-order valence-electron chi connectivity index (χ0n) is 15.6. The van der Waals surface area contributed by atoms with Crippen LogP contribution in [-0.2, 0) is 16.1 Å². The Morgan fingerprint density at radius 2 is 1.93 bits per heavy atom. The van der Waals surface area contributed by atoms with Crippen LogP contribution in [0.5, 0.6) is 5.75 Å². The van der Waals surface area contributed by atoms with E-state index in [0.29, 0.717) is 22.7 Å². The predicted molar refractivity (Wildman–Crippen MR) is 105 cm³/mol. The summed E-state index contributed by atoms with van der Waals surface area (Å²) in [5.41, 5.74) is 1.67. The number of hydrogen-bond acceptors (Lipinski definition) is 3. The molecule has 0 aromatic heterocycles. The summed E-state index contributed by atoms with van der Waals surface area (Å²) in [7, 11) is 0. The van der Waals surface area contributed by atoms with E-state index in [0.717, 1.165) is 25.7 Å². The van der Waals surface area contributed by atoms with Crippen LogP contribution in [0.2, 0.25) is 0 Å². The molecule has 1 fully saturated rings. The number of hydrogen-bond donors (Lipinski definition) is 1. The molecule has 1 aliphatic heterocycles. The van der Waals surface area contributed by atoms with Crippen molar-refractivity contribution in [3.05, 3.63) is 53.8 Å². The van der Waals surface area contributed by atoms with E-state index in [1.807, 2.05) is 0 Å². The zero-order valence-corrected chi connectivity index (χ0v) is 15.6. The molecule has 0 spiro atoms. The number of fused-ring (bicyclic) bond motifs is 1. The number of ether oxygens (including phenoxy) is 1. The van der Waals surface area contributed by atoms with Gasteiger partial charge in [0.2, 0.25) is 5.91 Å². The molecule has 0 atom stereocenters. The Hall–Kier alpha value is -2.89. The minimum Gasteiger partial charge on any atom is -0.481 e. The summed E-state index contributed by atoms with van der Waals surface area (Å²) in [6, 6.07) is 11.6. The average molecular weight is 382 g/mol. The van der Waals surface area contributed by atoms with Crippen molar-refractivity contribution in [1.82, 2.24) is 0 Å². The van der Waals surface area contributed by atoms with Crippen LogP contribution in [0.15, 0.2) is 42.5 Å². The molecule has 0 bridgehead atoms. The van der Waals surface area contributed by atoms with Crippen LogP contribution in [0.4, 0.5) is 15.8 Å². The topological polar surface area (TPSA) is 58.6 Å². The van der Waals surface area contributed by atoms with Gasteiger partial charge in [0.25, 0.3) is 5.91 Å². The predicted octanol–water partition coefficient (Wildman–Crippen LogP) is 4.27. The van der Waals surface area contributed by atoms with Crippen molar-refractivity contribution < 1.29 is 18.7 Å². The number of nitrogens with zero attached hydrogens (tertiary/aromatic N) is 1. The first-order valence-electron chi connectivity index (χ1n) is 9.73. The molecule has 28 heavy (non-hydrogen) atoms. The normalized spacial score (nSPS) is 17.0. The van der Waals surface area contributed by atoms with Crippen molar-refractivity contribution in [3.8, 4) is 5.75 Å². The van der Waals surface area contributed by atoms with Crippen LogP contribution in [0, 0.1) is 11.7 Å². The smallest absolute Gasteiger partial charge is 0.265 e. The molecule has 6 heteroatoms. The first-order valence-corrected chi connectivity index (χ1v) is 9.73. The molecule has 2 aromatic carbocycles. The van der Waals surface area contributed by atoms with Gasteiger partial charge in [0.05, 0.1) is 12.2 Å². The third kappa shape index (κ3) is 3.86. The molecule has 0 unspecified atom stereocenters. The van der Waals surface area contributed by atoms with Gasteiger partial charge in [0.1, 0.15) is 11.6 Å². The number of rotatable bonds is 4. The summed E-state index contributed by atoms with van der Waals surface area (Å²) in [6.07, 6.45) is 5.25. The Morgan fingerprint density at radius 1 is 1.14 bits per heavy atom. The molecule has 2 aliphatic rings. The van der Waals surface area contributed by atoms with E-state index in [1.54, 1.807) is 36.4 Å². The maximum absolute atomic E-state index is 14.0. The van der Waals surface area contributed by atoms with E-state index in [2.05, 4.69) is 5.32 Å². The van der Waals surface area contributed by atoms with Crippen LogP contribution in [0.1, 0.15) is 37.7 Å². The fraction of sp³-hybridized carbons (Fsp3) is 0.364. The number of benzene rings is 2. The Labute approximate surface area is 163 Å². The van der Waals surface area contributed by atoms with Crippen LogP contribution in [0.3, 0.4) is 0 Å². The standard InChI is InChI=1S/C22H23FN2O3/c23-18-9-5-4-8-16(18)13-25-19-11-10-17(12-20(19)28-14-21(25)26)24-22(27)15-6-2-1-3-7-15/h4-5,8-12,15H,1-3,6-7,13-14H2,(H,24,27). The van der Waals surface area contributed by atoms with Gasteiger partial charge in [-0.15, -0.1) is 0 Å². The lowest BCUT2D eigenvalue weighted by Gasteiger charge is -2.30. The molecular formula is C22H23FN2O3. The van der Waals surface area contributed by atoms with Crippen molar-refractivity contribution >= 4 is 23.2 Å². The summed E-state index contributed by atoms with van der Waals surface area (Å²) in [5.74, 6) is 0.0337. The number of carbonyl (C=O) groups is 2. The number of nitrogens with one attached hydrogen (secondary N) is 1. The lowest BCUT2D eigenvalue weighted by atomic mass is 9.88. The fourth-order valence-corrected chi connectivity index (χ4v) is 3.86. The molecular weight excluding hydrogens is 359 g/mol. The molecule has 1 heterocycles. The minimum absolute atomic E-state index is 0.0368. The number of carbonyl (C=O) groups excluding carboxylic acids is 2. The SMILES string of the molecule is O=C(Nc1ccc2c(c1)OCC(=O)N2Cc1ccccc1F)C1CCCCC1. The summed E-state index contributed by atoms with van der Waals surface area (Å²) < 4.78 is 19.6. The van der Waals surface area contributed by atoms with Gasteiger partial charge in [0.15, 0.2) is 6.61 Å². The van der Waals surface area contributed by atoms with Gasteiger partial charge in [-0.3, -0.25) is 9.59 Å². The molecule has 2 amide bonds. The third-order valence-corrected chi connectivity index (χ3v) is 5.43. The van der Waals surface area contributed by atoms with E-state index >= 15 is 0 Å². The Balaban J connectivity index is 1.52. The number of anilines is 2. The summed E-state index contributed by atoms with van der Waals surface area (Å²) >= 11 is 0. The van der Waals surface area contributed by atoms with Gasteiger partial charge in [-0.25, -0.2) is 4.39 Å². The highest BCUT2D eigenvalue weighted by atomic mass is 19.1. The van der Waals surface area contributed by atoms with Gasteiger partial charge in [-0.1, -0.05) is 37.5 Å². The van der Waals surface area contributed by atoms with Crippen molar-refractivity contribution in [2.24, 2.45) is 5.92 Å². The zero-order chi connectivity index (χ0) is 19.5. The van der Waals surface area contributed by atoms with Crippen molar-refractivity contribution in [1.29, 1.82) is 0 Å². The van der Waals surface area contributed by atoms with E-state index in [9.17, 15) is 14.0 Å². The van der Waals surface area contributed by atoms with Gasteiger partial charge in [0, 0.05) is 23.2 Å². The summed E-state index contributed by atoms with van der Waals surface area (Å²) in [4.78, 5) is 26.3. The van der Waals surface area contributed by atoms with Gasteiger partial charge < -0.3 is 15.0 Å². The molecule has 1 aliphatic carbocycles. The molecule has 146 valence electrons. The van der Waals surface area contributed by atoms with E-state index in [-0.39, 0.29) is 36.7 Å². The minimum atomic E-state index is -0.347. The largest absolute Gasteiger partial charge is 0.481 e. The average Bonchev–Trinajstić information content (AvgIpc) is 2.72. The molecule has 1 saturated carbocycles. The van der Waals surface area contributed by atoms with Crippen LogP contribution < -0.4 is 15.0 Å². The van der Waals surface area contributed by atoms with Crippen molar-refractivity contribution in [3.63, 3.8) is 0 Å². The highest BCUT2D eigenvalue weighted by Crippen LogP contribution is 2.36. The lowest BCUT2D eigenvalue weighted by Crippen LogP contribution is -2.38. The van der Waals surface area contributed by atoms with Crippen LogP contribution >= 0.6 is 0 Å². The van der Waals surface area contributed by atoms with Gasteiger partial charge in [-0.05, 0) is 31.0 Å². The van der Waals surface area contributed by atoms with Crippen molar-refractivity contribution in [2.75, 3.05) is 16.8 Å². The van der Waals surface area contributed by atoms with Gasteiger partial charge in [-0.2, -0.15) is 0 Å². The molecule has 1 N–H and O–H groups in total. The fourth-order valence-electron chi connectivity index (χ4n) is 3.86. The quantitative estimate of drug-likeness (QED) is 0.859. The monoisotopic (exact) mass is 382 g/mol. The Morgan fingerprint density at radius 3 is 2.71 bits per heavy atom. The first kappa shape index (κ1) is 18.5. The third-order valence-electron chi connectivity index (χ3n) is 5.43. The van der Waals surface area contributed by atoms with Gasteiger partial charge >= 0.3 is 0 Å². The first-order chi connectivity index (χ1) is 13.6. The molecule has 4 rings (SSSR count). The molecule has 0 saturated heterocycles. The maximum Gasteiger partial charge on any atom is 0.265 e. The Bertz CT molecular complexity index is 893.